The lowest BCUT2D eigenvalue weighted by molar-refractivity contribution is 0.323. The number of nitrogens with two attached hydrogens (primary N) is 1. The third kappa shape index (κ3) is 4.41. The molecule has 0 bridgehead atoms. The predicted molar refractivity (Wildman–Crippen MR) is 131 cm³/mol. The molecule has 2 N–H and O–H groups in total. The normalized spacial score (nSPS) is 14.5. The van der Waals surface area contributed by atoms with Gasteiger partial charge in [-0.2, -0.15) is 5.26 Å². The van der Waals surface area contributed by atoms with Crippen LogP contribution in [-0.4, -0.2) is 25.9 Å². The summed E-state index contributed by atoms with van der Waals surface area (Å²) in [5.74, 6) is 1.36. The monoisotopic (exact) mass is 473 g/mol. The molecule has 3 aromatic rings. The van der Waals surface area contributed by atoms with Crippen molar-refractivity contribution >= 4 is 0 Å². The summed E-state index contributed by atoms with van der Waals surface area (Å²) >= 11 is 0. The second-order valence-electron chi connectivity index (χ2n) is 8.22. The van der Waals surface area contributed by atoms with E-state index in [4.69, 9.17) is 24.7 Å². The Kier molecular flexibility index (Phi) is 6.69. The topological polar surface area (TPSA) is 109 Å². The number of nitrogens with zero attached hydrogens (tertiary/aromatic N) is 2. The maximum atomic E-state index is 13.9. The first-order chi connectivity index (χ1) is 16.9. The van der Waals surface area contributed by atoms with Crippen molar-refractivity contribution in [2.75, 3.05) is 21.3 Å². The molecule has 8 heteroatoms. The van der Waals surface area contributed by atoms with Gasteiger partial charge in [-0.25, -0.2) is 0 Å². The van der Waals surface area contributed by atoms with Gasteiger partial charge in [0.2, 0.25) is 11.6 Å². The van der Waals surface area contributed by atoms with Gasteiger partial charge in [0.05, 0.1) is 39.0 Å². The van der Waals surface area contributed by atoms with Crippen molar-refractivity contribution < 1.29 is 18.9 Å². The molecule has 0 fully saturated rings. The van der Waals surface area contributed by atoms with Crippen LogP contribution in [0.1, 0.15) is 28.3 Å². The van der Waals surface area contributed by atoms with Crippen molar-refractivity contribution in [2.24, 2.45) is 5.73 Å². The molecule has 35 heavy (non-hydrogen) atoms. The van der Waals surface area contributed by atoms with E-state index < -0.39 is 5.92 Å². The number of aryl methyl sites for hydroxylation is 1. The van der Waals surface area contributed by atoms with Crippen LogP contribution in [0.25, 0.3) is 0 Å². The first-order valence-electron chi connectivity index (χ1n) is 11.1. The summed E-state index contributed by atoms with van der Waals surface area (Å²) in [6.45, 7) is 2.09. The first-order valence-corrected chi connectivity index (χ1v) is 11.1. The second-order valence-corrected chi connectivity index (χ2v) is 8.22. The number of allylic oxidation sites excluding steroid dienone is 1. The molecule has 1 aliphatic heterocycles. The maximum Gasteiger partial charge on any atom is 0.258 e. The molecule has 0 amide bonds. The number of hydrogen-bond donors (Lipinski definition) is 1. The van der Waals surface area contributed by atoms with Gasteiger partial charge in [-0.15, -0.1) is 0 Å². The number of aromatic nitrogens is 1. The Morgan fingerprint density at radius 1 is 1.03 bits per heavy atom. The summed E-state index contributed by atoms with van der Waals surface area (Å²) in [7, 11) is 4.63. The minimum atomic E-state index is -0.523. The molecular formula is C27H27N3O5. The molecule has 0 aliphatic carbocycles. The van der Waals surface area contributed by atoms with Crippen molar-refractivity contribution in [3.63, 3.8) is 0 Å². The fourth-order valence-electron chi connectivity index (χ4n) is 4.44. The van der Waals surface area contributed by atoms with Gasteiger partial charge in [-0.3, -0.25) is 4.79 Å². The second kappa shape index (κ2) is 9.85. The van der Waals surface area contributed by atoms with E-state index >= 15 is 0 Å². The molecule has 180 valence electrons. The largest absolute Gasteiger partial charge is 0.493 e. The molecule has 4 rings (SSSR count). The Hall–Kier alpha value is -4.38. The Morgan fingerprint density at radius 2 is 1.69 bits per heavy atom. The summed E-state index contributed by atoms with van der Waals surface area (Å²) in [5, 5.41) is 9.83. The van der Waals surface area contributed by atoms with Crippen LogP contribution in [0.4, 0.5) is 0 Å². The van der Waals surface area contributed by atoms with Gasteiger partial charge in [-0.1, -0.05) is 30.3 Å². The highest BCUT2D eigenvalue weighted by Gasteiger charge is 2.33. The van der Waals surface area contributed by atoms with E-state index in [0.717, 1.165) is 11.1 Å². The number of rotatable bonds is 7. The minimum absolute atomic E-state index is 0.0297. The molecule has 0 spiro atoms. The summed E-state index contributed by atoms with van der Waals surface area (Å²) in [4.78, 5) is 13.9. The fraction of sp³-hybridized carbons (Fsp3) is 0.259. The van der Waals surface area contributed by atoms with Crippen LogP contribution in [0.5, 0.6) is 23.0 Å². The highest BCUT2D eigenvalue weighted by molar-refractivity contribution is 5.54. The third-order valence-electron chi connectivity index (χ3n) is 6.16. The molecule has 0 saturated heterocycles. The molecule has 2 heterocycles. The Labute approximate surface area is 203 Å². The number of ether oxygens (including phenoxy) is 4. The number of methoxy groups -OCH3 is 3. The van der Waals surface area contributed by atoms with Gasteiger partial charge < -0.3 is 29.2 Å². The zero-order valence-corrected chi connectivity index (χ0v) is 20.1. The van der Waals surface area contributed by atoms with Crippen LogP contribution < -0.4 is 30.2 Å². The van der Waals surface area contributed by atoms with E-state index in [0.29, 0.717) is 40.7 Å². The highest BCUT2D eigenvalue weighted by atomic mass is 16.5. The first kappa shape index (κ1) is 23.8. The van der Waals surface area contributed by atoms with E-state index in [1.54, 1.807) is 24.9 Å². The van der Waals surface area contributed by atoms with Crippen molar-refractivity contribution in [3.8, 4) is 29.1 Å². The van der Waals surface area contributed by atoms with Crippen LogP contribution in [0, 0.1) is 18.3 Å². The van der Waals surface area contributed by atoms with Gasteiger partial charge in [0, 0.05) is 17.7 Å². The Morgan fingerprint density at radius 3 is 2.26 bits per heavy atom. The van der Waals surface area contributed by atoms with Gasteiger partial charge in [-0.05, 0) is 36.6 Å². The van der Waals surface area contributed by atoms with Crippen LogP contribution >= 0.6 is 0 Å². The molecule has 0 saturated carbocycles. The van der Waals surface area contributed by atoms with Gasteiger partial charge in [0.1, 0.15) is 11.8 Å². The molecule has 0 radical (unpaired) electrons. The highest BCUT2D eigenvalue weighted by Crippen LogP contribution is 2.40. The SMILES string of the molecule is COc1cc(Cn2c(C)cc3c(c2=O)C(Cc2ccccc2)C(C#N)=C(N)O3)cc(OC)c1OC. The third-order valence-corrected chi connectivity index (χ3v) is 6.16. The van der Waals surface area contributed by atoms with Crippen molar-refractivity contribution in [1.29, 1.82) is 5.26 Å². The predicted octanol–water partition coefficient (Wildman–Crippen LogP) is 3.64. The van der Waals surface area contributed by atoms with E-state index in [9.17, 15) is 10.1 Å². The molecule has 2 aromatic carbocycles. The van der Waals surface area contributed by atoms with Crippen molar-refractivity contribution in [2.45, 2.75) is 25.8 Å². The standard InChI is InChI=1S/C27H27N3O5/c1-16-10-21-24(19(20(14-28)26(29)35-21)11-17-8-6-5-7-9-17)27(31)30(16)15-18-12-22(32-2)25(34-4)23(13-18)33-3/h5-10,12-13,19H,11,15,29H2,1-4H3. The van der Waals surface area contributed by atoms with Crippen LogP contribution in [-0.2, 0) is 13.0 Å². The lowest BCUT2D eigenvalue weighted by Crippen LogP contribution is -2.33. The minimum Gasteiger partial charge on any atom is -0.493 e. The maximum absolute atomic E-state index is 13.9. The zero-order valence-electron chi connectivity index (χ0n) is 20.1. The summed E-state index contributed by atoms with van der Waals surface area (Å²) in [6, 6.07) is 17.2. The molecular weight excluding hydrogens is 446 g/mol. The van der Waals surface area contributed by atoms with Gasteiger partial charge >= 0.3 is 0 Å². The van der Waals surface area contributed by atoms with E-state index in [2.05, 4.69) is 6.07 Å². The number of hydrogen-bond acceptors (Lipinski definition) is 7. The Bertz CT molecular complexity index is 1360. The van der Waals surface area contributed by atoms with Crippen molar-refractivity contribution in [3.05, 3.63) is 92.7 Å². The van der Waals surface area contributed by atoms with E-state index in [1.165, 1.54) is 7.11 Å². The number of fused-ring (bicyclic) bond motifs is 1. The quantitative estimate of drug-likeness (QED) is 0.558. The summed E-state index contributed by atoms with van der Waals surface area (Å²) in [5.41, 5.74) is 8.98. The van der Waals surface area contributed by atoms with Gasteiger partial charge in [0.15, 0.2) is 11.5 Å². The van der Waals surface area contributed by atoms with Crippen LogP contribution in [0.3, 0.4) is 0 Å². The Balaban J connectivity index is 1.83. The number of nitriles is 1. The zero-order chi connectivity index (χ0) is 25.1. The van der Waals surface area contributed by atoms with Gasteiger partial charge in [0.25, 0.3) is 5.56 Å². The average molecular weight is 474 g/mol. The summed E-state index contributed by atoms with van der Waals surface area (Å²) < 4.78 is 23.7. The number of benzene rings is 2. The average Bonchev–Trinajstić information content (AvgIpc) is 2.86. The number of pyridine rings is 1. The summed E-state index contributed by atoms with van der Waals surface area (Å²) in [6.07, 6.45) is 0.448. The lowest BCUT2D eigenvalue weighted by Gasteiger charge is -2.27. The smallest absolute Gasteiger partial charge is 0.258 e. The molecule has 1 aromatic heterocycles. The fourth-order valence-corrected chi connectivity index (χ4v) is 4.44. The van der Waals surface area contributed by atoms with Crippen LogP contribution in [0.2, 0.25) is 0 Å². The molecule has 1 unspecified atom stereocenters. The molecule has 8 nitrogen and oxygen atoms in total. The van der Waals surface area contributed by atoms with E-state index in [-0.39, 0.29) is 23.6 Å². The lowest BCUT2D eigenvalue weighted by atomic mass is 9.85. The van der Waals surface area contributed by atoms with Crippen molar-refractivity contribution in [1.82, 2.24) is 4.57 Å². The van der Waals surface area contributed by atoms with Crippen LogP contribution in [0.15, 0.2) is 64.8 Å². The molecule has 1 aliphatic rings. The molecule has 1 atom stereocenters. The van der Waals surface area contributed by atoms with E-state index in [1.807, 2.05) is 49.4 Å².